The van der Waals surface area contributed by atoms with Crippen molar-refractivity contribution in [2.24, 2.45) is 0 Å². The van der Waals surface area contributed by atoms with Crippen molar-refractivity contribution in [1.82, 2.24) is 19.5 Å². The predicted molar refractivity (Wildman–Crippen MR) is 87.0 cm³/mol. The van der Waals surface area contributed by atoms with Crippen molar-refractivity contribution in [1.29, 1.82) is 0 Å². The lowest BCUT2D eigenvalue weighted by atomic mass is 10.2. The molecule has 5 nitrogen and oxygen atoms in total. The molecule has 3 rings (SSSR count). The smallest absolute Gasteiger partial charge is 0.138 e. The van der Waals surface area contributed by atoms with Crippen molar-refractivity contribution >= 4 is 27.4 Å². The fraction of sp³-hybridized carbons (Fsp3) is 0.400. The van der Waals surface area contributed by atoms with E-state index in [-0.39, 0.29) is 0 Å². The number of thiophene rings is 1. The van der Waals surface area contributed by atoms with Crippen molar-refractivity contribution in [3.8, 4) is 0 Å². The molecule has 3 aromatic rings. The lowest BCUT2D eigenvalue weighted by Gasteiger charge is -2.09. The normalized spacial score (nSPS) is 11.2. The number of hydrogen-bond donors (Lipinski definition) is 1. The van der Waals surface area contributed by atoms with Gasteiger partial charge in [-0.25, -0.2) is 15.0 Å². The van der Waals surface area contributed by atoms with Gasteiger partial charge in [0.25, 0.3) is 0 Å². The lowest BCUT2D eigenvalue weighted by Crippen LogP contribution is -2.08. The molecule has 1 N–H and O–H groups in total. The number of anilines is 1. The number of aryl methyl sites for hydroxylation is 4. The molecule has 0 aliphatic rings. The summed E-state index contributed by atoms with van der Waals surface area (Å²) in [7, 11) is 0. The second kappa shape index (κ2) is 5.81. The van der Waals surface area contributed by atoms with Crippen molar-refractivity contribution in [2.75, 3.05) is 11.9 Å². The van der Waals surface area contributed by atoms with Crippen LogP contribution in [0.15, 0.2) is 18.7 Å². The zero-order valence-electron chi connectivity index (χ0n) is 12.6. The Morgan fingerprint density at radius 3 is 2.86 bits per heavy atom. The monoisotopic (exact) mass is 301 g/mol. The van der Waals surface area contributed by atoms with Crippen LogP contribution in [-0.2, 0) is 6.54 Å². The van der Waals surface area contributed by atoms with Crippen molar-refractivity contribution in [3.63, 3.8) is 0 Å². The Kier molecular flexibility index (Phi) is 3.88. The molecule has 0 bridgehead atoms. The molecule has 3 heterocycles. The molecule has 0 aliphatic carbocycles. The van der Waals surface area contributed by atoms with E-state index in [1.54, 1.807) is 11.3 Å². The quantitative estimate of drug-likeness (QED) is 0.735. The van der Waals surface area contributed by atoms with E-state index < -0.39 is 0 Å². The first-order chi connectivity index (χ1) is 10.1. The van der Waals surface area contributed by atoms with Crippen molar-refractivity contribution in [2.45, 2.75) is 33.7 Å². The fourth-order valence-electron chi connectivity index (χ4n) is 2.37. The van der Waals surface area contributed by atoms with Crippen molar-refractivity contribution in [3.05, 3.63) is 35.0 Å². The molecule has 0 saturated heterocycles. The summed E-state index contributed by atoms with van der Waals surface area (Å²) in [5, 5.41) is 4.64. The third kappa shape index (κ3) is 2.90. The number of nitrogens with one attached hydrogen (secondary N) is 1. The van der Waals surface area contributed by atoms with Gasteiger partial charge in [0.15, 0.2) is 0 Å². The predicted octanol–water partition coefficient (Wildman–Crippen LogP) is 3.32. The summed E-state index contributed by atoms with van der Waals surface area (Å²) in [6.45, 7) is 8.07. The molecule has 0 amide bonds. The maximum atomic E-state index is 4.58. The number of nitrogens with zero attached hydrogens (tertiary/aromatic N) is 4. The molecule has 110 valence electrons. The standard InChI is InChI=1S/C15H19N5S/c1-10-11(2)21-15-13(10)14(18-12(3)19-15)17-5-4-7-20-8-6-16-9-20/h6,8-9H,4-5,7H2,1-3H3,(H,17,18,19). The molecule has 0 radical (unpaired) electrons. The molecule has 6 heteroatoms. The summed E-state index contributed by atoms with van der Waals surface area (Å²) in [6.07, 6.45) is 6.67. The van der Waals surface area contributed by atoms with Crippen molar-refractivity contribution < 1.29 is 0 Å². The number of hydrogen-bond acceptors (Lipinski definition) is 5. The van der Waals surface area contributed by atoms with Gasteiger partial charge in [-0.2, -0.15) is 0 Å². The van der Waals surface area contributed by atoms with Gasteiger partial charge in [-0.1, -0.05) is 0 Å². The van der Waals surface area contributed by atoms with Gasteiger partial charge < -0.3 is 9.88 Å². The molecule has 0 spiro atoms. The van der Waals surface area contributed by atoms with E-state index in [1.165, 1.54) is 15.8 Å². The highest BCUT2D eigenvalue weighted by Crippen LogP contribution is 2.33. The zero-order chi connectivity index (χ0) is 14.8. The van der Waals surface area contributed by atoms with E-state index >= 15 is 0 Å². The van der Waals surface area contributed by atoms with Crippen LogP contribution in [0.2, 0.25) is 0 Å². The first-order valence-corrected chi connectivity index (χ1v) is 7.91. The summed E-state index contributed by atoms with van der Waals surface area (Å²) >= 11 is 1.74. The van der Waals surface area contributed by atoms with Gasteiger partial charge in [-0.15, -0.1) is 11.3 Å². The summed E-state index contributed by atoms with van der Waals surface area (Å²) in [5.41, 5.74) is 1.28. The van der Waals surface area contributed by atoms with Crippen LogP contribution in [0.3, 0.4) is 0 Å². The molecular weight excluding hydrogens is 282 g/mol. The minimum absolute atomic E-state index is 0.820. The van der Waals surface area contributed by atoms with Crippen LogP contribution in [-0.4, -0.2) is 26.1 Å². The van der Waals surface area contributed by atoms with E-state index in [0.29, 0.717) is 0 Å². The number of rotatable bonds is 5. The molecule has 0 aliphatic heterocycles. The molecule has 21 heavy (non-hydrogen) atoms. The molecule has 0 aromatic carbocycles. The summed E-state index contributed by atoms with van der Waals surface area (Å²) in [4.78, 5) is 15.6. The van der Waals surface area contributed by atoms with E-state index in [2.05, 4.69) is 38.7 Å². The maximum absolute atomic E-state index is 4.58. The first kappa shape index (κ1) is 14.0. The SMILES string of the molecule is Cc1nc(NCCCn2ccnc2)c2c(C)c(C)sc2n1. The largest absolute Gasteiger partial charge is 0.369 e. The van der Waals surface area contributed by atoms with Gasteiger partial charge in [-0.3, -0.25) is 0 Å². The molecule has 0 unspecified atom stereocenters. The fourth-order valence-corrected chi connectivity index (χ4v) is 3.45. The summed E-state index contributed by atoms with van der Waals surface area (Å²) < 4.78 is 2.09. The van der Waals surface area contributed by atoms with Crippen LogP contribution in [0, 0.1) is 20.8 Å². The molecular formula is C15H19N5S. The number of aromatic nitrogens is 4. The molecule has 3 aromatic heterocycles. The Morgan fingerprint density at radius 2 is 2.10 bits per heavy atom. The van der Waals surface area contributed by atoms with E-state index in [0.717, 1.165) is 36.0 Å². The highest BCUT2D eigenvalue weighted by atomic mass is 32.1. The topological polar surface area (TPSA) is 55.6 Å². The number of fused-ring (bicyclic) bond motifs is 1. The van der Waals surface area contributed by atoms with Gasteiger partial charge in [0.1, 0.15) is 16.5 Å². The lowest BCUT2D eigenvalue weighted by molar-refractivity contribution is 0.660. The van der Waals surface area contributed by atoms with Gasteiger partial charge in [0, 0.05) is 30.4 Å². The Hall–Kier alpha value is -1.95. The Labute approximate surface area is 128 Å². The third-order valence-corrected chi connectivity index (χ3v) is 4.69. The Morgan fingerprint density at radius 1 is 1.24 bits per heavy atom. The van der Waals surface area contributed by atoms with Crippen LogP contribution in [0.4, 0.5) is 5.82 Å². The van der Waals surface area contributed by atoms with Crippen LogP contribution in [0.25, 0.3) is 10.2 Å². The average Bonchev–Trinajstić information content (AvgIpc) is 3.04. The van der Waals surface area contributed by atoms with Crippen LogP contribution >= 0.6 is 11.3 Å². The van der Waals surface area contributed by atoms with Gasteiger partial charge in [0.2, 0.25) is 0 Å². The Balaban J connectivity index is 1.74. The average molecular weight is 301 g/mol. The Bertz CT molecular complexity index is 745. The second-order valence-corrected chi connectivity index (χ2v) is 6.37. The second-order valence-electron chi connectivity index (χ2n) is 5.16. The van der Waals surface area contributed by atoms with Crippen LogP contribution in [0.1, 0.15) is 22.7 Å². The molecule has 0 atom stereocenters. The van der Waals surface area contributed by atoms with Gasteiger partial charge >= 0.3 is 0 Å². The highest BCUT2D eigenvalue weighted by molar-refractivity contribution is 7.18. The first-order valence-electron chi connectivity index (χ1n) is 7.09. The maximum Gasteiger partial charge on any atom is 0.138 e. The zero-order valence-corrected chi connectivity index (χ0v) is 13.4. The van der Waals surface area contributed by atoms with Gasteiger partial charge in [0.05, 0.1) is 11.7 Å². The highest BCUT2D eigenvalue weighted by Gasteiger charge is 2.12. The molecule has 0 fully saturated rings. The van der Waals surface area contributed by atoms with Crippen LogP contribution < -0.4 is 5.32 Å². The summed E-state index contributed by atoms with van der Waals surface area (Å²) in [6, 6.07) is 0. The third-order valence-electron chi connectivity index (χ3n) is 3.59. The van der Waals surface area contributed by atoms with E-state index in [1.807, 2.05) is 25.6 Å². The number of imidazole rings is 1. The molecule has 0 saturated carbocycles. The summed E-state index contributed by atoms with van der Waals surface area (Å²) in [5.74, 6) is 1.78. The minimum atomic E-state index is 0.820. The van der Waals surface area contributed by atoms with Crippen LogP contribution in [0.5, 0.6) is 0 Å². The van der Waals surface area contributed by atoms with Gasteiger partial charge in [-0.05, 0) is 32.8 Å². The van der Waals surface area contributed by atoms with E-state index in [4.69, 9.17) is 0 Å². The van der Waals surface area contributed by atoms with E-state index in [9.17, 15) is 0 Å². The minimum Gasteiger partial charge on any atom is -0.369 e.